The minimum absolute atomic E-state index is 0.0950. The molecule has 0 atom stereocenters. The van der Waals surface area contributed by atoms with E-state index in [9.17, 15) is 9.59 Å². The van der Waals surface area contributed by atoms with Gasteiger partial charge in [-0.1, -0.05) is 0 Å². The van der Waals surface area contributed by atoms with E-state index in [1.807, 2.05) is 20.8 Å². The van der Waals surface area contributed by atoms with E-state index in [1.165, 1.54) is 4.90 Å². The highest BCUT2D eigenvalue weighted by Gasteiger charge is 2.41. The Kier molecular flexibility index (Phi) is 5.87. The Bertz CT molecular complexity index is 918. The molecule has 7 nitrogen and oxygen atoms in total. The summed E-state index contributed by atoms with van der Waals surface area (Å²) < 4.78 is 10.5. The maximum Gasteiger partial charge on any atom is 0.275 e. The molecule has 7 heteroatoms. The lowest BCUT2D eigenvalue weighted by Gasteiger charge is -2.28. The fraction of sp³-hybridized carbons (Fsp3) is 0.318. The summed E-state index contributed by atoms with van der Waals surface area (Å²) >= 11 is 0. The van der Waals surface area contributed by atoms with E-state index in [-0.39, 0.29) is 18.4 Å². The van der Waals surface area contributed by atoms with Crippen LogP contribution in [0.4, 0.5) is 5.69 Å². The van der Waals surface area contributed by atoms with Crippen LogP contribution in [0.25, 0.3) is 0 Å². The summed E-state index contributed by atoms with van der Waals surface area (Å²) in [6.07, 6.45) is 0. The fourth-order valence-corrected chi connectivity index (χ4v) is 3.11. The molecule has 0 unspecified atom stereocenters. The van der Waals surface area contributed by atoms with Gasteiger partial charge in [-0.3, -0.25) is 14.6 Å². The van der Waals surface area contributed by atoms with Crippen LogP contribution in [-0.4, -0.2) is 48.4 Å². The number of anilines is 1. The van der Waals surface area contributed by atoms with Crippen LogP contribution >= 0.6 is 0 Å². The first-order valence-corrected chi connectivity index (χ1v) is 9.43. The van der Waals surface area contributed by atoms with Gasteiger partial charge in [-0.2, -0.15) is 0 Å². The number of nitrogens with one attached hydrogen (secondary N) is 1. The van der Waals surface area contributed by atoms with Crippen LogP contribution in [0.3, 0.4) is 0 Å². The average Bonchev–Trinajstić information content (AvgIpc) is 2.93. The van der Waals surface area contributed by atoms with Crippen molar-refractivity contribution in [1.29, 1.82) is 0 Å². The van der Waals surface area contributed by atoms with E-state index in [0.29, 0.717) is 29.3 Å². The summed E-state index contributed by atoms with van der Waals surface area (Å²) in [7, 11) is 1.58. The molecular formula is C22H25N3O4. The van der Waals surface area contributed by atoms with Crippen LogP contribution < -0.4 is 14.8 Å². The summed E-state index contributed by atoms with van der Waals surface area (Å²) in [5.74, 6) is 0.869. The molecular weight excluding hydrogens is 370 g/mol. The van der Waals surface area contributed by atoms with E-state index in [1.54, 1.807) is 55.6 Å². The normalized spacial score (nSPS) is 15.1. The number of hydrogen-bond acceptors (Lipinski definition) is 5. The molecule has 0 bridgehead atoms. The van der Waals surface area contributed by atoms with Gasteiger partial charge in [0.25, 0.3) is 5.91 Å². The van der Waals surface area contributed by atoms with Gasteiger partial charge in [-0.05, 0) is 69.3 Å². The van der Waals surface area contributed by atoms with E-state index in [4.69, 9.17) is 9.47 Å². The van der Waals surface area contributed by atoms with Gasteiger partial charge < -0.3 is 19.7 Å². The van der Waals surface area contributed by atoms with E-state index in [2.05, 4.69) is 10.3 Å². The molecule has 0 spiro atoms. The molecule has 0 saturated carbocycles. The van der Waals surface area contributed by atoms with E-state index in [0.717, 1.165) is 5.75 Å². The lowest BCUT2D eigenvalue weighted by atomic mass is 10.1. The number of benzene rings is 2. The molecule has 1 aliphatic rings. The van der Waals surface area contributed by atoms with Gasteiger partial charge in [0.1, 0.15) is 29.4 Å². The topological polar surface area (TPSA) is 80.2 Å². The lowest BCUT2D eigenvalue weighted by molar-refractivity contribution is -0.131. The van der Waals surface area contributed by atoms with Crippen LogP contribution in [0.1, 0.15) is 26.3 Å². The standard InChI is InChI=1S/C22H25N3O4/c1-5-29-18-12-8-16(9-13-18)23-19(26)14-25-21(27)20(24-22(25,2)3)15-6-10-17(28-4)11-7-15/h6-13H,5,14H2,1-4H3,(H,23,26). The number of amides is 2. The van der Waals surface area contributed by atoms with Crippen LogP contribution in [0.5, 0.6) is 11.5 Å². The maximum atomic E-state index is 12.9. The number of hydrogen-bond donors (Lipinski definition) is 1. The van der Waals surface area contributed by atoms with Crippen LogP contribution in [0, 0.1) is 0 Å². The van der Waals surface area contributed by atoms with Crippen molar-refractivity contribution < 1.29 is 19.1 Å². The molecule has 1 N–H and O–H groups in total. The van der Waals surface area contributed by atoms with Crippen molar-refractivity contribution in [2.45, 2.75) is 26.4 Å². The highest BCUT2D eigenvalue weighted by molar-refractivity contribution is 6.47. The zero-order chi connectivity index (χ0) is 21.0. The minimum Gasteiger partial charge on any atom is -0.497 e. The van der Waals surface area contributed by atoms with Gasteiger partial charge in [-0.25, -0.2) is 0 Å². The Labute approximate surface area is 170 Å². The maximum absolute atomic E-state index is 12.9. The van der Waals surface area contributed by atoms with Gasteiger partial charge in [-0.15, -0.1) is 0 Å². The largest absolute Gasteiger partial charge is 0.497 e. The summed E-state index contributed by atoms with van der Waals surface area (Å²) in [6.45, 7) is 6.01. The minimum atomic E-state index is -0.817. The van der Waals surface area contributed by atoms with Gasteiger partial charge >= 0.3 is 0 Å². The molecule has 152 valence electrons. The Morgan fingerprint density at radius 2 is 1.69 bits per heavy atom. The highest BCUT2D eigenvalue weighted by Crippen LogP contribution is 2.27. The molecule has 0 radical (unpaired) electrons. The third kappa shape index (κ3) is 4.56. The van der Waals surface area contributed by atoms with Gasteiger partial charge in [0.2, 0.25) is 5.91 Å². The van der Waals surface area contributed by atoms with Gasteiger partial charge in [0.05, 0.1) is 13.7 Å². The van der Waals surface area contributed by atoms with E-state index < -0.39 is 5.66 Å². The number of ether oxygens (including phenoxy) is 2. The number of nitrogens with zero attached hydrogens (tertiary/aromatic N) is 2. The lowest BCUT2D eigenvalue weighted by Crippen LogP contribution is -2.46. The summed E-state index contributed by atoms with van der Waals surface area (Å²) in [4.78, 5) is 31.5. The number of aliphatic imine (C=N–C) groups is 1. The number of carbonyl (C=O) groups is 2. The molecule has 0 aliphatic carbocycles. The Balaban J connectivity index is 1.68. The van der Waals surface area contributed by atoms with Crippen LogP contribution in [-0.2, 0) is 9.59 Å². The fourth-order valence-electron chi connectivity index (χ4n) is 3.11. The predicted molar refractivity (Wildman–Crippen MR) is 112 cm³/mol. The summed E-state index contributed by atoms with van der Waals surface area (Å²) in [6, 6.07) is 14.2. The van der Waals surface area contributed by atoms with Crippen molar-refractivity contribution in [3.8, 4) is 11.5 Å². The average molecular weight is 395 g/mol. The number of carbonyl (C=O) groups excluding carboxylic acids is 2. The molecule has 1 heterocycles. The van der Waals surface area contributed by atoms with E-state index >= 15 is 0 Å². The van der Waals surface area contributed by atoms with Gasteiger partial charge in [0.15, 0.2) is 0 Å². The second-order valence-corrected chi connectivity index (χ2v) is 7.08. The second-order valence-electron chi connectivity index (χ2n) is 7.08. The summed E-state index contributed by atoms with van der Waals surface area (Å²) in [5, 5.41) is 2.81. The molecule has 2 aromatic carbocycles. The van der Waals surface area contributed by atoms with Crippen molar-refractivity contribution in [2.24, 2.45) is 4.99 Å². The third-order valence-corrected chi connectivity index (χ3v) is 4.61. The first kappa shape index (κ1) is 20.4. The predicted octanol–water partition coefficient (Wildman–Crippen LogP) is 3.10. The molecule has 0 aromatic heterocycles. The first-order valence-electron chi connectivity index (χ1n) is 9.43. The first-order chi connectivity index (χ1) is 13.8. The van der Waals surface area contributed by atoms with Gasteiger partial charge in [0, 0.05) is 11.3 Å². The molecule has 3 rings (SSSR count). The number of methoxy groups -OCH3 is 1. The molecule has 29 heavy (non-hydrogen) atoms. The Hall–Kier alpha value is -3.35. The monoisotopic (exact) mass is 395 g/mol. The third-order valence-electron chi connectivity index (χ3n) is 4.61. The zero-order valence-electron chi connectivity index (χ0n) is 17.1. The molecule has 2 amide bonds. The van der Waals surface area contributed by atoms with Crippen molar-refractivity contribution in [2.75, 3.05) is 25.6 Å². The van der Waals surface area contributed by atoms with Crippen molar-refractivity contribution in [1.82, 2.24) is 4.90 Å². The SMILES string of the molecule is CCOc1ccc(NC(=O)CN2C(=O)C(c3ccc(OC)cc3)=NC2(C)C)cc1. The summed E-state index contributed by atoms with van der Waals surface area (Å²) in [5.41, 5.74) is 0.853. The Morgan fingerprint density at radius 3 is 2.28 bits per heavy atom. The smallest absolute Gasteiger partial charge is 0.275 e. The molecule has 1 aliphatic heterocycles. The molecule has 0 saturated heterocycles. The second kappa shape index (κ2) is 8.34. The van der Waals surface area contributed by atoms with Crippen molar-refractivity contribution in [3.63, 3.8) is 0 Å². The number of rotatable bonds is 7. The Morgan fingerprint density at radius 1 is 1.07 bits per heavy atom. The van der Waals surface area contributed by atoms with Crippen molar-refractivity contribution in [3.05, 3.63) is 54.1 Å². The quantitative estimate of drug-likeness (QED) is 0.781. The van der Waals surface area contributed by atoms with Crippen LogP contribution in [0.15, 0.2) is 53.5 Å². The molecule has 0 fully saturated rings. The molecule has 2 aromatic rings. The highest BCUT2D eigenvalue weighted by atomic mass is 16.5. The zero-order valence-corrected chi connectivity index (χ0v) is 17.1. The van der Waals surface area contributed by atoms with Crippen LogP contribution in [0.2, 0.25) is 0 Å². The van der Waals surface area contributed by atoms with Crippen molar-refractivity contribution >= 4 is 23.2 Å².